The van der Waals surface area contributed by atoms with E-state index in [0.29, 0.717) is 12.3 Å². The Kier molecular flexibility index (Phi) is 6.20. The van der Waals surface area contributed by atoms with Gasteiger partial charge in [-0.05, 0) is 30.3 Å². The van der Waals surface area contributed by atoms with Crippen LogP contribution < -0.4 is 14.6 Å². The van der Waals surface area contributed by atoms with Crippen molar-refractivity contribution in [1.82, 2.24) is 4.98 Å². The van der Waals surface area contributed by atoms with Crippen LogP contribution in [0.25, 0.3) is 10.9 Å². The molecule has 0 saturated heterocycles. The summed E-state index contributed by atoms with van der Waals surface area (Å²) in [6, 6.07) is 15.6. The van der Waals surface area contributed by atoms with Gasteiger partial charge < -0.3 is 9.47 Å². The fourth-order valence-electron chi connectivity index (χ4n) is 2.74. The van der Waals surface area contributed by atoms with Gasteiger partial charge in [0.2, 0.25) is 0 Å². The molecule has 6 nitrogen and oxygen atoms in total. The van der Waals surface area contributed by atoms with Gasteiger partial charge in [0.1, 0.15) is 5.75 Å². The fourth-order valence-corrected chi connectivity index (χ4v) is 2.74. The number of hydrogen-bond acceptors (Lipinski definition) is 5. The zero-order valence-electron chi connectivity index (χ0n) is 15.6. The molecule has 1 N–H and O–H groups in total. The number of fused-ring (bicyclic) bond motifs is 1. The van der Waals surface area contributed by atoms with Crippen molar-refractivity contribution < 1.29 is 18.8 Å². The monoisotopic (exact) mass is 366 g/mol. The van der Waals surface area contributed by atoms with Crippen molar-refractivity contribution in [3.63, 3.8) is 0 Å². The van der Waals surface area contributed by atoms with E-state index in [2.05, 4.69) is 15.0 Å². The quantitative estimate of drug-likeness (QED) is 0.377. The topological polar surface area (TPSA) is 64.3 Å². The summed E-state index contributed by atoms with van der Waals surface area (Å²) in [5, 5.41) is 4.37. The van der Waals surface area contributed by atoms with E-state index in [4.69, 9.17) is 4.74 Å². The number of aromatic nitrogens is 2. The van der Waals surface area contributed by atoms with Gasteiger partial charge in [-0.2, -0.15) is 0 Å². The summed E-state index contributed by atoms with van der Waals surface area (Å²) in [5.41, 5.74) is 1.53. The van der Waals surface area contributed by atoms with E-state index in [9.17, 15) is 4.79 Å². The number of methoxy groups -OCH3 is 1. The maximum atomic E-state index is 11.4. The minimum atomic E-state index is -0.292. The predicted octanol–water partition coefficient (Wildman–Crippen LogP) is 2.66. The molecular weight excluding hydrogens is 342 g/mol. The third-order valence-electron chi connectivity index (χ3n) is 4.22. The molecule has 0 amide bonds. The zero-order chi connectivity index (χ0) is 19.1. The van der Waals surface area contributed by atoms with E-state index < -0.39 is 0 Å². The summed E-state index contributed by atoms with van der Waals surface area (Å²) >= 11 is 0. The molecule has 6 heteroatoms. The number of nitrogens with zero attached hydrogens (tertiary/aromatic N) is 2. The molecule has 0 aliphatic carbocycles. The van der Waals surface area contributed by atoms with Gasteiger partial charge in [0.05, 0.1) is 51.1 Å². The Morgan fingerprint density at radius 2 is 2.07 bits per heavy atom. The maximum Gasteiger partial charge on any atom is 0.311 e. The molecule has 0 aliphatic heterocycles. The van der Waals surface area contributed by atoms with Crippen LogP contribution in [-0.2, 0) is 23.0 Å². The van der Waals surface area contributed by atoms with Gasteiger partial charge in [-0.1, -0.05) is 12.1 Å². The molecule has 3 aromatic rings. The molecule has 0 aliphatic rings. The van der Waals surface area contributed by atoms with Gasteiger partial charge >= 0.3 is 5.97 Å². The van der Waals surface area contributed by atoms with Crippen LogP contribution in [0.15, 0.2) is 54.7 Å². The molecule has 27 heavy (non-hydrogen) atoms. The molecule has 0 spiro atoms. The largest absolute Gasteiger partial charge is 0.493 e. The number of rotatable bonds is 8. The second-order valence-corrected chi connectivity index (χ2v) is 6.24. The number of nitrogens with one attached hydrogen (secondary N) is 1. The summed E-state index contributed by atoms with van der Waals surface area (Å²) in [7, 11) is 3.39. The number of esters is 1. The molecule has 0 radical (unpaired) electrons. The Morgan fingerprint density at radius 3 is 2.89 bits per heavy atom. The average molecular weight is 366 g/mol. The lowest BCUT2D eigenvalue weighted by molar-refractivity contribution is -0.657. The maximum absolute atomic E-state index is 11.4. The highest BCUT2D eigenvalue weighted by Crippen LogP contribution is 2.20. The molecule has 0 atom stereocenters. The first kappa shape index (κ1) is 18.6. The van der Waals surface area contributed by atoms with E-state index in [1.807, 2.05) is 66.3 Å². The highest BCUT2D eigenvalue weighted by Gasteiger charge is 2.06. The second kappa shape index (κ2) is 8.98. The standard InChI is InChI=1S/C21H23N3O3/c1-24-12-4-3-6-20(24)22-11-5-13-27-18-9-10-19-16(14-18)7-8-17(23-19)15-21(25)26-2/h3-4,6-10,12,14H,5,11,13,15H2,1-2H3/p+1. The Bertz CT molecular complexity index is 927. The van der Waals surface area contributed by atoms with Gasteiger partial charge in [-0.15, -0.1) is 0 Å². The van der Waals surface area contributed by atoms with Gasteiger partial charge in [0, 0.05) is 17.9 Å². The summed E-state index contributed by atoms with van der Waals surface area (Å²) in [5.74, 6) is 1.60. The average Bonchev–Trinajstić information content (AvgIpc) is 2.69. The zero-order valence-corrected chi connectivity index (χ0v) is 15.6. The Morgan fingerprint density at radius 1 is 1.19 bits per heavy atom. The predicted molar refractivity (Wildman–Crippen MR) is 104 cm³/mol. The van der Waals surface area contributed by atoms with Crippen molar-refractivity contribution in [2.24, 2.45) is 7.05 Å². The van der Waals surface area contributed by atoms with Crippen molar-refractivity contribution in [2.75, 3.05) is 25.6 Å². The van der Waals surface area contributed by atoms with Crippen molar-refractivity contribution in [1.29, 1.82) is 0 Å². The molecule has 3 rings (SSSR count). The van der Waals surface area contributed by atoms with Crippen molar-refractivity contribution in [3.8, 4) is 5.75 Å². The molecule has 0 saturated carbocycles. The Hall–Kier alpha value is -3.15. The smallest absolute Gasteiger partial charge is 0.311 e. The van der Waals surface area contributed by atoms with Crippen LogP contribution in [0.2, 0.25) is 0 Å². The third kappa shape index (κ3) is 5.17. The van der Waals surface area contributed by atoms with Crippen molar-refractivity contribution >= 4 is 22.7 Å². The van der Waals surface area contributed by atoms with Crippen LogP contribution >= 0.6 is 0 Å². The van der Waals surface area contributed by atoms with Crippen molar-refractivity contribution in [2.45, 2.75) is 12.8 Å². The number of ether oxygens (including phenoxy) is 2. The van der Waals surface area contributed by atoms with Crippen LogP contribution in [-0.4, -0.2) is 31.2 Å². The molecule has 1 aromatic carbocycles. The summed E-state index contributed by atoms with van der Waals surface area (Å²) < 4.78 is 12.6. The minimum absolute atomic E-state index is 0.177. The van der Waals surface area contributed by atoms with E-state index in [-0.39, 0.29) is 12.4 Å². The van der Waals surface area contributed by atoms with Gasteiger partial charge in [-0.3, -0.25) is 15.1 Å². The summed E-state index contributed by atoms with van der Waals surface area (Å²) in [6.07, 6.45) is 3.08. The first-order valence-corrected chi connectivity index (χ1v) is 8.93. The van der Waals surface area contributed by atoms with Crippen LogP contribution in [0, 0.1) is 0 Å². The molecule has 0 bridgehead atoms. The van der Waals surface area contributed by atoms with E-state index in [0.717, 1.165) is 35.4 Å². The van der Waals surface area contributed by atoms with E-state index in [1.165, 1.54) is 7.11 Å². The number of pyridine rings is 2. The number of anilines is 1. The number of carbonyl (C=O) groups excluding carboxylic acids is 1. The lowest BCUT2D eigenvalue weighted by Crippen LogP contribution is -2.32. The fraction of sp³-hybridized carbons (Fsp3) is 0.286. The second-order valence-electron chi connectivity index (χ2n) is 6.24. The molecule has 2 aromatic heterocycles. The Balaban J connectivity index is 1.51. The molecule has 0 fully saturated rings. The summed E-state index contributed by atoms with van der Waals surface area (Å²) in [4.78, 5) is 15.9. The van der Waals surface area contributed by atoms with Crippen LogP contribution in [0.5, 0.6) is 5.75 Å². The number of benzene rings is 1. The summed E-state index contributed by atoms with van der Waals surface area (Å²) in [6.45, 7) is 1.47. The highest BCUT2D eigenvalue weighted by atomic mass is 16.5. The van der Waals surface area contributed by atoms with Gasteiger partial charge in [0.25, 0.3) is 5.82 Å². The molecular formula is C21H24N3O3+. The highest BCUT2D eigenvalue weighted by molar-refractivity contribution is 5.81. The molecule has 0 unspecified atom stereocenters. The van der Waals surface area contributed by atoms with Gasteiger partial charge in [0.15, 0.2) is 0 Å². The van der Waals surface area contributed by atoms with Gasteiger partial charge in [-0.25, -0.2) is 4.57 Å². The van der Waals surface area contributed by atoms with Crippen molar-refractivity contribution in [3.05, 3.63) is 60.4 Å². The van der Waals surface area contributed by atoms with E-state index >= 15 is 0 Å². The first-order chi connectivity index (χ1) is 13.2. The van der Waals surface area contributed by atoms with Crippen LogP contribution in [0.4, 0.5) is 5.82 Å². The lowest BCUT2D eigenvalue weighted by Gasteiger charge is -2.08. The minimum Gasteiger partial charge on any atom is -0.493 e. The normalized spacial score (nSPS) is 10.6. The lowest BCUT2D eigenvalue weighted by atomic mass is 10.1. The van der Waals surface area contributed by atoms with E-state index in [1.54, 1.807) is 0 Å². The molecule has 2 heterocycles. The Labute approximate surface area is 158 Å². The number of carbonyl (C=O) groups is 1. The molecule has 140 valence electrons. The number of hydrogen-bond donors (Lipinski definition) is 1. The number of aryl methyl sites for hydroxylation is 1. The third-order valence-corrected chi connectivity index (χ3v) is 4.22. The SMILES string of the molecule is COC(=O)Cc1ccc2cc(OCCCNc3cccc[n+]3C)ccc2n1. The van der Waals surface area contributed by atoms with Crippen LogP contribution in [0.3, 0.4) is 0 Å². The van der Waals surface area contributed by atoms with Crippen LogP contribution in [0.1, 0.15) is 12.1 Å². The first-order valence-electron chi connectivity index (χ1n) is 8.93.